The summed E-state index contributed by atoms with van der Waals surface area (Å²) >= 11 is 6.10. The van der Waals surface area contributed by atoms with E-state index in [0.29, 0.717) is 6.54 Å². The molecule has 9 heteroatoms. The molecule has 0 aliphatic carbocycles. The molecule has 1 aliphatic heterocycles. The number of fused-ring (bicyclic) bond motifs is 1. The average Bonchev–Trinajstić information content (AvgIpc) is 2.77. The minimum Gasteiger partial charge on any atom is -0.452 e. The van der Waals surface area contributed by atoms with Crippen molar-refractivity contribution in [2.45, 2.75) is 31.6 Å². The Balaban J connectivity index is 1.74. The lowest BCUT2D eigenvalue weighted by Gasteiger charge is -2.29. The maximum atomic E-state index is 12.8. The van der Waals surface area contributed by atoms with Crippen molar-refractivity contribution in [1.29, 1.82) is 0 Å². The molecule has 0 unspecified atom stereocenters. The molecule has 31 heavy (non-hydrogen) atoms. The molecule has 0 aromatic heterocycles. The number of hydrogen-bond donors (Lipinski definition) is 0. The fourth-order valence-electron chi connectivity index (χ4n) is 3.61. The third-order valence-electron chi connectivity index (χ3n) is 5.23. The maximum Gasteiger partial charge on any atom is 0.338 e. The van der Waals surface area contributed by atoms with Gasteiger partial charge in [-0.05, 0) is 42.7 Å². The van der Waals surface area contributed by atoms with Crippen molar-refractivity contribution < 1.29 is 22.7 Å². The van der Waals surface area contributed by atoms with Gasteiger partial charge < -0.3 is 9.64 Å². The predicted octanol–water partition coefficient (Wildman–Crippen LogP) is 3.51. The smallest absolute Gasteiger partial charge is 0.338 e. The van der Waals surface area contributed by atoms with Crippen LogP contribution in [0.15, 0.2) is 47.4 Å². The predicted molar refractivity (Wildman–Crippen MR) is 119 cm³/mol. The number of nitrogens with zero attached hydrogens (tertiary/aromatic N) is 2. The molecule has 0 N–H and O–H groups in total. The van der Waals surface area contributed by atoms with E-state index >= 15 is 0 Å². The summed E-state index contributed by atoms with van der Waals surface area (Å²) < 4.78 is 32.1. The highest BCUT2D eigenvalue weighted by Crippen LogP contribution is 2.28. The van der Waals surface area contributed by atoms with Gasteiger partial charge >= 0.3 is 5.97 Å². The first kappa shape index (κ1) is 23.2. The SMILES string of the molecule is CCN(CC)S(=O)(=O)c1cc(C(=O)OCC(=O)N2CCCc3ccccc32)ccc1Cl. The van der Waals surface area contributed by atoms with Gasteiger partial charge in [0.2, 0.25) is 10.0 Å². The van der Waals surface area contributed by atoms with Crippen molar-refractivity contribution in [2.24, 2.45) is 0 Å². The van der Waals surface area contributed by atoms with Crippen molar-refractivity contribution in [1.82, 2.24) is 4.31 Å². The van der Waals surface area contributed by atoms with E-state index in [1.54, 1.807) is 18.7 Å². The summed E-state index contributed by atoms with van der Waals surface area (Å²) in [6.07, 6.45) is 1.73. The number of carbonyl (C=O) groups is 2. The summed E-state index contributed by atoms with van der Waals surface area (Å²) in [5.74, 6) is -1.11. The van der Waals surface area contributed by atoms with Crippen LogP contribution in [0.5, 0.6) is 0 Å². The van der Waals surface area contributed by atoms with Crippen LogP contribution in [0.2, 0.25) is 5.02 Å². The largest absolute Gasteiger partial charge is 0.452 e. The number of anilines is 1. The number of rotatable bonds is 7. The number of ether oxygens (including phenoxy) is 1. The summed E-state index contributed by atoms with van der Waals surface area (Å²) in [4.78, 5) is 26.7. The highest BCUT2D eigenvalue weighted by molar-refractivity contribution is 7.89. The first-order valence-electron chi connectivity index (χ1n) is 10.1. The third-order valence-corrected chi connectivity index (χ3v) is 7.76. The highest BCUT2D eigenvalue weighted by atomic mass is 35.5. The molecule has 2 aromatic rings. The number of carbonyl (C=O) groups excluding carboxylic acids is 2. The summed E-state index contributed by atoms with van der Waals surface area (Å²) in [5.41, 5.74) is 1.92. The van der Waals surface area contributed by atoms with Crippen molar-refractivity contribution in [3.8, 4) is 0 Å². The van der Waals surface area contributed by atoms with Crippen LogP contribution in [0, 0.1) is 0 Å². The Hall–Kier alpha value is -2.42. The number of halogens is 1. The van der Waals surface area contributed by atoms with Crippen molar-refractivity contribution in [2.75, 3.05) is 31.1 Å². The van der Waals surface area contributed by atoms with Crippen LogP contribution >= 0.6 is 11.6 Å². The molecular formula is C22H25ClN2O5S. The molecule has 2 aromatic carbocycles. The quantitative estimate of drug-likeness (QED) is 0.585. The van der Waals surface area contributed by atoms with Crippen LogP contribution < -0.4 is 4.90 Å². The van der Waals surface area contributed by atoms with Gasteiger partial charge in [-0.3, -0.25) is 4.79 Å². The molecule has 0 saturated carbocycles. The van der Waals surface area contributed by atoms with Gasteiger partial charge in [-0.1, -0.05) is 43.6 Å². The summed E-state index contributed by atoms with van der Waals surface area (Å²) in [6, 6.07) is 11.6. The molecule has 7 nitrogen and oxygen atoms in total. The van der Waals surface area contributed by atoms with Gasteiger partial charge in [0.05, 0.1) is 10.6 Å². The third kappa shape index (κ3) is 4.92. The monoisotopic (exact) mass is 464 g/mol. The fraction of sp³-hybridized carbons (Fsp3) is 0.364. The number of esters is 1. The number of para-hydroxylation sites is 1. The molecule has 0 spiro atoms. The van der Waals surface area contributed by atoms with E-state index in [1.807, 2.05) is 24.3 Å². The van der Waals surface area contributed by atoms with E-state index in [4.69, 9.17) is 16.3 Å². The summed E-state index contributed by atoms with van der Waals surface area (Å²) in [7, 11) is -3.85. The first-order chi connectivity index (χ1) is 14.8. The molecule has 0 fully saturated rings. The van der Waals surface area contributed by atoms with Gasteiger partial charge in [-0.25, -0.2) is 13.2 Å². The molecule has 3 rings (SSSR count). The Bertz CT molecular complexity index is 1080. The van der Waals surface area contributed by atoms with Crippen molar-refractivity contribution >= 4 is 39.2 Å². The first-order valence-corrected chi connectivity index (χ1v) is 12.0. The zero-order valence-corrected chi connectivity index (χ0v) is 19.1. The van der Waals surface area contributed by atoms with E-state index < -0.39 is 22.6 Å². The Morgan fingerprint density at radius 2 is 1.84 bits per heavy atom. The Morgan fingerprint density at radius 3 is 2.55 bits per heavy atom. The number of aryl methyl sites for hydroxylation is 1. The zero-order valence-electron chi connectivity index (χ0n) is 17.5. The van der Waals surface area contributed by atoms with Gasteiger partial charge in [0.25, 0.3) is 5.91 Å². The molecule has 166 valence electrons. The molecule has 0 saturated heterocycles. The molecular weight excluding hydrogens is 440 g/mol. The Labute approximate surface area is 187 Å². The average molecular weight is 465 g/mol. The molecule has 0 radical (unpaired) electrons. The Morgan fingerprint density at radius 1 is 1.13 bits per heavy atom. The second kappa shape index (κ2) is 9.80. The number of amides is 1. The minimum absolute atomic E-state index is 0.0157. The van der Waals surface area contributed by atoms with Gasteiger partial charge in [0.15, 0.2) is 6.61 Å². The van der Waals surface area contributed by atoms with Crippen LogP contribution in [0.4, 0.5) is 5.69 Å². The van der Waals surface area contributed by atoms with E-state index in [0.717, 1.165) is 24.1 Å². The Kier molecular flexibility index (Phi) is 7.35. The topological polar surface area (TPSA) is 84.0 Å². The lowest BCUT2D eigenvalue weighted by atomic mass is 10.0. The van der Waals surface area contributed by atoms with Crippen LogP contribution in [0.25, 0.3) is 0 Å². The fourth-order valence-corrected chi connectivity index (χ4v) is 5.57. The number of hydrogen-bond acceptors (Lipinski definition) is 5. The second-order valence-electron chi connectivity index (χ2n) is 7.09. The lowest BCUT2D eigenvalue weighted by Crippen LogP contribution is -2.38. The number of benzene rings is 2. The van der Waals surface area contributed by atoms with Gasteiger partial charge in [-0.2, -0.15) is 4.31 Å². The summed E-state index contributed by atoms with van der Waals surface area (Å²) in [6.45, 7) is 4.11. The van der Waals surface area contributed by atoms with E-state index in [2.05, 4.69) is 0 Å². The van der Waals surface area contributed by atoms with Crippen molar-refractivity contribution in [3.05, 3.63) is 58.6 Å². The molecule has 1 amide bonds. The van der Waals surface area contributed by atoms with E-state index in [-0.39, 0.29) is 34.5 Å². The van der Waals surface area contributed by atoms with Crippen LogP contribution in [-0.4, -0.2) is 50.8 Å². The lowest BCUT2D eigenvalue weighted by molar-refractivity contribution is -0.121. The zero-order chi connectivity index (χ0) is 22.6. The molecule has 1 aliphatic rings. The second-order valence-corrected chi connectivity index (χ2v) is 9.40. The molecule has 0 bridgehead atoms. The molecule has 0 atom stereocenters. The highest BCUT2D eigenvalue weighted by Gasteiger charge is 2.27. The maximum absolute atomic E-state index is 12.8. The van der Waals surface area contributed by atoms with E-state index in [9.17, 15) is 18.0 Å². The molecule has 1 heterocycles. The van der Waals surface area contributed by atoms with Gasteiger partial charge in [-0.15, -0.1) is 0 Å². The van der Waals surface area contributed by atoms with Gasteiger partial charge in [0.1, 0.15) is 4.90 Å². The minimum atomic E-state index is -3.85. The summed E-state index contributed by atoms with van der Waals surface area (Å²) in [5, 5.41) is 0.0180. The van der Waals surface area contributed by atoms with Gasteiger partial charge in [0, 0.05) is 25.3 Å². The normalized spacial score (nSPS) is 13.7. The number of sulfonamides is 1. The van der Waals surface area contributed by atoms with Crippen molar-refractivity contribution in [3.63, 3.8) is 0 Å². The van der Waals surface area contributed by atoms with Crippen LogP contribution in [0.1, 0.15) is 36.2 Å². The standard InChI is InChI=1S/C22H25ClN2O5S/c1-3-24(4-2)31(28,29)20-14-17(11-12-18(20)23)22(27)30-15-21(26)25-13-7-9-16-8-5-6-10-19(16)25/h5-6,8,10-12,14H,3-4,7,9,13,15H2,1-2H3. The van der Waals surface area contributed by atoms with E-state index in [1.165, 1.54) is 22.5 Å². The van der Waals surface area contributed by atoms with Crippen LogP contribution in [0.3, 0.4) is 0 Å². The van der Waals surface area contributed by atoms with Crippen LogP contribution in [-0.2, 0) is 26.0 Å².